The van der Waals surface area contributed by atoms with Crippen LogP contribution in [0.2, 0.25) is 0 Å². The SMILES string of the molecule is Cc1[nH]n(-c2ccccc2)c(=O)c1N=Nc1cc([N+](=O)[O-])ccc1[O-].O=C(O)c1ccccc1NS(=O)(=O)c1ccc(O)c(N=Nc2c(Nc3ccccc3)ccc3ccccc23)c1.[Co].[Na+].[Na+]. The third-order valence-corrected chi connectivity index (χ3v) is 10.7. The molecule has 18 nitrogen and oxygen atoms in total. The van der Waals surface area contributed by atoms with E-state index in [4.69, 9.17) is 0 Å². The van der Waals surface area contributed by atoms with Gasteiger partial charge in [0.25, 0.3) is 21.3 Å². The number of aryl methyl sites for hydroxylation is 1. The van der Waals surface area contributed by atoms with Crippen LogP contribution in [-0.4, -0.2) is 39.3 Å². The Morgan fingerprint density at radius 1 is 0.731 bits per heavy atom. The van der Waals surface area contributed by atoms with E-state index in [0.717, 1.165) is 34.7 Å². The first-order chi connectivity index (χ1) is 30.8. The quantitative estimate of drug-likeness (QED) is 0.0507. The number of carboxylic acids is 1. The number of H-pyrrole nitrogens is 1. The van der Waals surface area contributed by atoms with Crippen LogP contribution in [0, 0.1) is 17.0 Å². The van der Waals surface area contributed by atoms with Gasteiger partial charge in [-0.15, -0.1) is 15.3 Å². The second-order valence-corrected chi connectivity index (χ2v) is 15.3. The number of phenols is 1. The fraction of sp³-hybridized carbons (Fsp3) is 0.0222. The van der Waals surface area contributed by atoms with Gasteiger partial charge in [-0.25, -0.2) is 17.9 Å². The fourth-order valence-corrected chi connectivity index (χ4v) is 7.27. The summed E-state index contributed by atoms with van der Waals surface area (Å²) in [5.74, 6) is -2.07. The number of sulfonamides is 1. The second-order valence-electron chi connectivity index (χ2n) is 13.7. The fourth-order valence-electron chi connectivity index (χ4n) is 6.17. The van der Waals surface area contributed by atoms with Gasteiger partial charge in [0.2, 0.25) is 0 Å². The number of anilines is 3. The number of benzene rings is 7. The van der Waals surface area contributed by atoms with E-state index in [9.17, 15) is 43.4 Å². The normalized spacial score (nSPS) is 10.8. The van der Waals surface area contributed by atoms with Gasteiger partial charge in [0, 0.05) is 40.0 Å². The Bertz CT molecular complexity index is 3290. The van der Waals surface area contributed by atoms with E-state index in [0.29, 0.717) is 22.8 Å². The van der Waals surface area contributed by atoms with Gasteiger partial charge < -0.3 is 20.6 Å². The van der Waals surface area contributed by atoms with Crippen molar-refractivity contribution in [2.75, 3.05) is 10.0 Å². The second kappa shape index (κ2) is 23.8. The predicted octanol–water partition coefficient (Wildman–Crippen LogP) is 4.08. The number of nitrogens with one attached hydrogen (secondary N) is 3. The summed E-state index contributed by atoms with van der Waals surface area (Å²) in [6.07, 6.45) is 0. The minimum Gasteiger partial charge on any atom is -0.871 e. The van der Waals surface area contributed by atoms with Crippen molar-refractivity contribution >= 4 is 72.3 Å². The number of para-hydroxylation sites is 3. The summed E-state index contributed by atoms with van der Waals surface area (Å²) in [6.45, 7) is 1.64. The Morgan fingerprint density at radius 3 is 2.06 bits per heavy atom. The van der Waals surface area contributed by atoms with Crippen molar-refractivity contribution in [3.05, 3.63) is 189 Å². The molecule has 329 valence electrons. The Kier molecular flexibility index (Phi) is 18.9. The molecule has 1 radical (unpaired) electrons. The number of nitro benzene ring substituents is 1. The number of carboxylic acid groups (broad SMARTS) is 1. The van der Waals surface area contributed by atoms with Gasteiger partial charge in [0.15, 0.2) is 5.69 Å². The maximum atomic E-state index is 13.1. The van der Waals surface area contributed by atoms with Crippen molar-refractivity contribution in [3.63, 3.8) is 0 Å². The summed E-state index contributed by atoms with van der Waals surface area (Å²) >= 11 is 0. The molecule has 67 heavy (non-hydrogen) atoms. The number of nitrogens with zero attached hydrogens (tertiary/aromatic N) is 6. The van der Waals surface area contributed by atoms with Gasteiger partial charge in [-0.3, -0.25) is 24.7 Å². The number of hydrogen-bond donors (Lipinski definition) is 5. The number of rotatable bonds is 12. The first kappa shape index (κ1) is 53.2. The van der Waals surface area contributed by atoms with Crippen molar-refractivity contribution in [2.24, 2.45) is 20.5 Å². The van der Waals surface area contributed by atoms with Gasteiger partial charge in [0.05, 0.1) is 43.8 Å². The van der Waals surface area contributed by atoms with E-state index >= 15 is 0 Å². The standard InChI is InChI=1S/C29H22N4O5S.C16H13N5O4.Co.2Na/c34-27-17-15-21(39(37,38)33-24-13-7-6-12-23(24)29(35)36)18-26(27)31-32-28-22-11-5-4-8-19(22)14-16-25(28)30-20-9-2-1-3-10-20;1-10-15(16(23)20(19-10)11-5-3-2-4-6-11)18-17-13-9-12(21(24)25)7-8-14(13)22;;;/h1-18,30,33-34H,(H,35,36);2-9,19,22H,1H3;;;/q;;;2*+1/p-1. The van der Waals surface area contributed by atoms with Crippen LogP contribution in [0.15, 0.2) is 188 Å². The molecule has 0 spiro atoms. The molecule has 0 fully saturated rings. The van der Waals surface area contributed by atoms with Crippen LogP contribution in [0.1, 0.15) is 16.1 Å². The average molecular weight is 982 g/mol. The number of aromatic hydroxyl groups is 1. The molecule has 0 aliphatic rings. The molecule has 22 heteroatoms. The molecule has 0 amide bonds. The Balaban J connectivity index is 0.000000305. The number of azo groups is 2. The van der Waals surface area contributed by atoms with Crippen molar-refractivity contribution in [2.45, 2.75) is 11.8 Å². The van der Waals surface area contributed by atoms with Gasteiger partial charge >= 0.3 is 65.1 Å². The van der Waals surface area contributed by atoms with Crippen molar-refractivity contribution in [3.8, 4) is 17.2 Å². The third-order valence-electron chi connectivity index (χ3n) is 9.34. The van der Waals surface area contributed by atoms with E-state index in [1.54, 1.807) is 31.2 Å². The predicted molar refractivity (Wildman–Crippen MR) is 238 cm³/mol. The number of carbonyl (C=O) groups is 1. The van der Waals surface area contributed by atoms with Crippen molar-refractivity contribution < 1.29 is 109 Å². The first-order valence-electron chi connectivity index (χ1n) is 19.0. The van der Waals surface area contributed by atoms with Crippen LogP contribution in [0.5, 0.6) is 11.5 Å². The number of non-ortho nitro benzene ring substituents is 1. The summed E-state index contributed by atoms with van der Waals surface area (Å²) in [6, 6.07) is 42.2. The van der Waals surface area contributed by atoms with Crippen LogP contribution < -0.4 is 79.8 Å². The first-order valence-corrected chi connectivity index (χ1v) is 20.5. The largest absolute Gasteiger partial charge is 1.00 e. The van der Waals surface area contributed by atoms with Crippen LogP contribution in [-0.2, 0) is 26.8 Å². The number of phenolic OH excluding ortho intramolecular Hbond substituents is 1. The molecular weight excluding hydrogens is 948 g/mol. The van der Waals surface area contributed by atoms with Crippen LogP contribution in [0.4, 0.5) is 45.5 Å². The molecule has 8 rings (SSSR count). The minimum absolute atomic E-state index is 0. The molecule has 0 unspecified atom stereocenters. The molecule has 1 aromatic heterocycles. The Labute approximate surface area is 436 Å². The minimum atomic E-state index is -4.21. The topological polar surface area (TPSA) is 269 Å². The number of aromatic carboxylic acids is 1. The molecule has 7 aromatic carbocycles. The van der Waals surface area contributed by atoms with E-state index in [1.807, 2.05) is 72.8 Å². The monoisotopic (exact) mass is 981 g/mol. The van der Waals surface area contributed by atoms with E-state index in [2.05, 4.69) is 35.6 Å². The molecule has 0 aliphatic heterocycles. The molecule has 0 saturated heterocycles. The third kappa shape index (κ3) is 12.9. The molecular formula is C45H34CoN9Na2O9S+. The van der Waals surface area contributed by atoms with Gasteiger partial charge in [-0.1, -0.05) is 90.7 Å². The van der Waals surface area contributed by atoms with Gasteiger partial charge in [0.1, 0.15) is 17.1 Å². The van der Waals surface area contributed by atoms with Gasteiger partial charge in [-0.2, -0.15) is 5.11 Å². The summed E-state index contributed by atoms with van der Waals surface area (Å²) < 4.78 is 29.8. The summed E-state index contributed by atoms with van der Waals surface area (Å²) in [7, 11) is -4.21. The maximum absolute atomic E-state index is 13.1. The smallest absolute Gasteiger partial charge is 0.871 e. The molecule has 0 saturated carbocycles. The summed E-state index contributed by atoms with van der Waals surface area (Å²) in [5.41, 5.74) is 1.81. The van der Waals surface area contributed by atoms with E-state index < -0.39 is 32.2 Å². The van der Waals surface area contributed by atoms with E-state index in [1.165, 1.54) is 47.1 Å². The zero-order valence-corrected chi connectivity index (χ0v) is 41.5. The Morgan fingerprint density at radius 2 is 1.36 bits per heavy atom. The number of aromatic nitrogens is 2. The number of aromatic amines is 1. The van der Waals surface area contributed by atoms with E-state index in [-0.39, 0.29) is 121 Å². The van der Waals surface area contributed by atoms with Crippen LogP contribution >= 0.6 is 0 Å². The molecule has 0 aliphatic carbocycles. The molecule has 1 heterocycles. The van der Waals surface area contributed by atoms with Gasteiger partial charge in [-0.05, 0) is 73.0 Å². The molecule has 0 bridgehead atoms. The van der Waals surface area contributed by atoms with Crippen molar-refractivity contribution in [1.82, 2.24) is 9.78 Å². The zero-order chi connectivity index (χ0) is 45.4. The van der Waals surface area contributed by atoms with Crippen molar-refractivity contribution in [1.29, 1.82) is 0 Å². The maximum Gasteiger partial charge on any atom is 1.00 e. The Hall–Kier alpha value is -6.46. The molecule has 8 aromatic rings. The zero-order valence-electron chi connectivity index (χ0n) is 35.7. The summed E-state index contributed by atoms with van der Waals surface area (Å²) in [4.78, 5) is 33.9. The number of hydrogen-bond acceptors (Lipinski definition) is 13. The van der Waals surface area contributed by atoms with Crippen LogP contribution in [0.3, 0.4) is 0 Å². The molecule has 5 N–H and O–H groups in total. The molecule has 0 atom stereocenters. The average Bonchev–Trinajstić information content (AvgIpc) is 3.58. The number of nitro groups is 1. The van der Waals surface area contributed by atoms with Crippen LogP contribution in [0.25, 0.3) is 16.5 Å². The number of fused-ring (bicyclic) bond motifs is 1. The summed E-state index contributed by atoms with van der Waals surface area (Å²) in [5, 5.41) is 66.4.